The number of piperidine rings is 1. The van der Waals surface area contributed by atoms with Crippen LogP contribution < -0.4 is 4.74 Å². The number of para-hydroxylation sites is 2. The Hall–Kier alpha value is -2.41. The number of hydrogen-bond acceptors (Lipinski definition) is 6. The van der Waals surface area contributed by atoms with Crippen LogP contribution in [-0.4, -0.2) is 57.0 Å². The lowest BCUT2D eigenvalue weighted by atomic mass is 9.93. The minimum atomic E-state index is -0.455. The fraction of sp³-hybridized carbons (Fsp3) is 0.654. The normalized spacial score (nSPS) is 29.8. The molecule has 2 aliphatic heterocycles. The summed E-state index contributed by atoms with van der Waals surface area (Å²) in [5.74, 6) is 0.601. The molecule has 0 N–H and O–H groups in total. The second-order valence-electron chi connectivity index (χ2n) is 10.7. The van der Waals surface area contributed by atoms with Gasteiger partial charge in [-0.15, -0.1) is 0 Å². The first-order chi connectivity index (χ1) is 15.8. The number of aromatic nitrogens is 2. The van der Waals surface area contributed by atoms with Gasteiger partial charge >= 0.3 is 6.09 Å². The molecule has 2 atom stereocenters. The molecule has 2 bridgehead atoms. The van der Waals surface area contributed by atoms with E-state index in [-0.39, 0.29) is 36.5 Å². The quantitative estimate of drug-likeness (QED) is 0.628. The Labute approximate surface area is 195 Å². The van der Waals surface area contributed by atoms with Gasteiger partial charge in [0.2, 0.25) is 5.88 Å². The Morgan fingerprint density at radius 1 is 0.909 bits per heavy atom. The molecule has 1 aliphatic carbocycles. The molecule has 33 heavy (non-hydrogen) atoms. The minimum absolute atomic E-state index is 0.158. The molecule has 1 amide bonds. The van der Waals surface area contributed by atoms with E-state index in [9.17, 15) is 4.79 Å². The van der Waals surface area contributed by atoms with Crippen LogP contribution in [0.15, 0.2) is 30.5 Å². The van der Waals surface area contributed by atoms with Crippen molar-refractivity contribution in [3.05, 3.63) is 30.5 Å². The number of benzene rings is 1. The number of amides is 1. The van der Waals surface area contributed by atoms with Gasteiger partial charge in [-0.3, -0.25) is 0 Å². The van der Waals surface area contributed by atoms with Crippen molar-refractivity contribution < 1.29 is 19.0 Å². The van der Waals surface area contributed by atoms with Crippen LogP contribution in [0.3, 0.4) is 0 Å². The molecule has 2 aromatic rings. The van der Waals surface area contributed by atoms with Gasteiger partial charge in [-0.2, -0.15) is 0 Å². The first kappa shape index (κ1) is 22.4. The van der Waals surface area contributed by atoms with E-state index in [0.717, 1.165) is 62.4 Å². The Balaban J connectivity index is 1.10. The van der Waals surface area contributed by atoms with Crippen molar-refractivity contribution in [2.24, 2.45) is 0 Å². The molecular weight excluding hydrogens is 418 g/mol. The summed E-state index contributed by atoms with van der Waals surface area (Å²) < 4.78 is 18.3. The molecule has 3 heterocycles. The monoisotopic (exact) mass is 453 g/mol. The molecule has 1 aromatic heterocycles. The Kier molecular flexibility index (Phi) is 6.16. The molecule has 2 saturated heterocycles. The molecule has 1 aromatic carbocycles. The van der Waals surface area contributed by atoms with Crippen molar-refractivity contribution in [1.82, 2.24) is 14.9 Å². The molecule has 3 aliphatic rings. The van der Waals surface area contributed by atoms with E-state index < -0.39 is 5.60 Å². The van der Waals surface area contributed by atoms with Gasteiger partial charge in [0.05, 0.1) is 29.4 Å². The van der Waals surface area contributed by atoms with Crippen molar-refractivity contribution in [2.45, 2.75) is 108 Å². The highest BCUT2D eigenvalue weighted by atomic mass is 16.6. The standard InChI is InChI=1S/C26H35N3O4/c1-26(2,3)33-25(30)29-17-8-9-18(29)15-21(14-17)31-19-10-12-20(13-11-19)32-24-16-27-22-6-4-5-7-23(22)28-24/h4-7,16-21H,8-15H2,1-3H3. The number of carbonyl (C=O) groups is 1. The van der Waals surface area contributed by atoms with E-state index in [1.165, 1.54) is 0 Å². The number of ether oxygens (including phenoxy) is 3. The van der Waals surface area contributed by atoms with Crippen LogP contribution >= 0.6 is 0 Å². The Morgan fingerprint density at radius 2 is 1.55 bits per heavy atom. The van der Waals surface area contributed by atoms with Crippen LogP contribution in [0.4, 0.5) is 4.79 Å². The number of nitrogens with zero attached hydrogens (tertiary/aromatic N) is 3. The van der Waals surface area contributed by atoms with Crippen molar-refractivity contribution >= 4 is 17.1 Å². The van der Waals surface area contributed by atoms with Crippen molar-refractivity contribution in [3.8, 4) is 5.88 Å². The van der Waals surface area contributed by atoms with Crippen LogP contribution in [-0.2, 0) is 9.47 Å². The zero-order valence-electron chi connectivity index (χ0n) is 19.9. The smallest absolute Gasteiger partial charge is 0.410 e. The fourth-order valence-corrected chi connectivity index (χ4v) is 5.58. The Morgan fingerprint density at radius 3 is 2.21 bits per heavy atom. The third kappa shape index (κ3) is 5.24. The molecule has 3 fully saturated rings. The number of hydrogen-bond donors (Lipinski definition) is 0. The average Bonchev–Trinajstić information content (AvgIpc) is 3.05. The second-order valence-corrected chi connectivity index (χ2v) is 10.7. The number of rotatable bonds is 4. The largest absolute Gasteiger partial charge is 0.473 e. The second kappa shape index (κ2) is 9.09. The molecule has 178 valence electrons. The molecule has 0 radical (unpaired) electrons. The van der Waals surface area contributed by atoms with Crippen LogP contribution in [0, 0.1) is 0 Å². The predicted molar refractivity (Wildman–Crippen MR) is 125 cm³/mol. The van der Waals surface area contributed by atoms with Crippen molar-refractivity contribution in [1.29, 1.82) is 0 Å². The molecule has 7 nitrogen and oxygen atoms in total. The average molecular weight is 454 g/mol. The molecule has 1 saturated carbocycles. The SMILES string of the molecule is CC(C)(C)OC(=O)N1C2CCC1CC(OC1CCC(Oc3cnc4ccccc4n3)CC1)C2. The number of carbonyl (C=O) groups excluding carboxylic acids is 1. The molecular formula is C26H35N3O4. The van der Waals surface area contributed by atoms with Gasteiger partial charge in [-0.25, -0.2) is 14.8 Å². The zero-order chi connectivity index (χ0) is 23.0. The molecule has 2 unspecified atom stereocenters. The van der Waals surface area contributed by atoms with Gasteiger partial charge in [-0.05, 0) is 84.3 Å². The maximum Gasteiger partial charge on any atom is 0.410 e. The summed E-state index contributed by atoms with van der Waals surface area (Å²) in [7, 11) is 0. The van der Waals surface area contributed by atoms with Crippen LogP contribution in [0.1, 0.15) is 72.1 Å². The maximum atomic E-state index is 12.7. The van der Waals surface area contributed by atoms with E-state index >= 15 is 0 Å². The van der Waals surface area contributed by atoms with Gasteiger partial charge in [0.15, 0.2) is 0 Å². The van der Waals surface area contributed by atoms with Gasteiger partial charge in [-0.1, -0.05) is 12.1 Å². The summed E-state index contributed by atoms with van der Waals surface area (Å²) in [5, 5.41) is 0. The van der Waals surface area contributed by atoms with Gasteiger partial charge in [0.25, 0.3) is 0 Å². The molecule has 5 rings (SSSR count). The van der Waals surface area contributed by atoms with Gasteiger partial charge < -0.3 is 19.1 Å². The van der Waals surface area contributed by atoms with Crippen LogP contribution in [0.5, 0.6) is 5.88 Å². The highest BCUT2D eigenvalue weighted by Crippen LogP contribution is 2.39. The molecule has 0 spiro atoms. The van der Waals surface area contributed by atoms with Crippen molar-refractivity contribution in [2.75, 3.05) is 0 Å². The summed E-state index contributed by atoms with van der Waals surface area (Å²) in [6, 6.07) is 8.34. The van der Waals surface area contributed by atoms with Gasteiger partial charge in [0, 0.05) is 12.1 Å². The summed E-state index contributed by atoms with van der Waals surface area (Å²) in [4.78, 5) is 23.7. The fourth-order valence-electron chi connectivity index (χ4n) is 5.58. The summed E-state index contributed by atoms with van der Waals surface area (Å²) >= 11 is 0. The lowest BCUT2D eigenvalue weighted by Gasteiger charge is -2.41. The first-order valence-corrected chi connectivity index (χ1v) is 12.4. The Bertz CT molecular complexity index is 969. The van der Waals surface area contributed by atoms with Gasteiger partial charge in [0.1, 0.15) is 11.7 Å². The van der Waals surface area contributed by atoms with Crippen LogP contribution in [0.2, 0.25) is 0 Å². The summed E-state index contributed by atoms with van der Waals surface area (Å²) in [6.07, 6.45) is 10.1. The highest BCUT2D eigenvalue weighted by molar-refractivity contribution is 5.74. The van der Waals surface area contributed by atoms with Crippen molar-refractivity contribution in [3.63, 3.8) is 0 Å². The van der Waals surface area contributed by atoms with Crippen LogP contribution in [0.25, 0.3) is 11.0 Å². The van der Waals surface area contributed by atoms with E-state index in [0.29, 0.717) is 5.88 Å². The summed E-state index contributed by atoms with van der Waals surface area (Å²) in [5.41, 5.74) is 1.29. The topological polar surface area (TPSA) is 73.8 Å². The zero-order valence-corrected chi connectivity index (χ0v) is 19.9. The minimum Gasteiger partial charge on any atom is -0.473 e. The van der Waals surface area contributed by atoms with E-state index in [1.807, 2.05) is 49.9 Å². The first-order valence-electron chi connectivity index (χ1n) is 12.4. The summed E-state index contributed by atoms with van der Waals surface area (Å²) in [6.45, 7) is 5.78. The third-order valence-electron chi connectivity index (χ3n) is 7.01. The van der Waals surface area contributed by atoms with E-state index in [2.05, 4.69) is 9.97 Å². The predicted octanol–water partition coefficient (Wildman–Crippen LogP) is 5.27. The van der Waals surface area contributed by atoms with E-state index in [1.54, 1.807) is 6.20 Å². The number of fused-ring (bicyclic) bond motifs is 3. The van der Waals surface area contributed by atoms with E-state index in [4.69, 9.17) is 14.2 Å². The maximum absolute atomic E-state index is 12.7. The third-order valence-corrected chi connectivity index (χ3v) is 7.01. The lowest BCUT2D eigenvalue weighted by Crippen LogP contribution is -2.50. The lowest BCUT2D eigenvalue weighted by molar-refractivity contribution is -0.0814. The molecule has 7 heteroatoms. The highest BCUT2D eigenvalue weighted by Gasteiger charge is 2.45.